The zero-order chi connectivity index (χ0) is 17.0. The molecule has 2 aliphatic heterocycles. The number of benzene rings is 1. The lowest BCUT2D eigenvalue weighted by molar-refractivity contribution is -0.879. The van der Waals surface area contributed by atoms with E-state index in [-0.39, 0.29) is 11.7 Å². The van der Waals surface area contributed by atoms with E-state index in [0.717, 1.165) is 18.7 Å². The van der Waals surface area contributed by atoms with Gasteiger partial charge in [-0.05, 0) is 5.56 Å². The Bertz CT molecular complexity index is 649. The molecule has 1 N–H and O–H groups in total. The van der Waals surface area contributed by atoms with Crippen LogP contribution in [0.5, 0.6) is 0 Å². The number of nitrogens with one attached hydrogen (secondary N) is 1. The minimum absolute atomic E-state index is 0.0275. The van der Waals surface area contributed by atoms with Crippen molar-refractivity contribution in [3.05, 3.63) is 35.9 Å². The molecule has 0 unspecified atom stereocenters. The summed E-state index contributed by atoms with van der Waals surface area (Å²) < 4.78 is 26.6. The van der Waals surface area contributed by atoms with Crippen LogP contribution >= 0.6 is 0 Å². The van der Waals surface area contributed by atoms with E-state index in [2.05, 4.69) is 0 Å². The predicted octanol–water partition coefficient (Wildman–Crippen LogP) is -0.661. The van der Waals surface area contributed by atoms with Crippen LogP contribution in [0.1, 0.15) is 18.4 Å². The minimum Gasteiger partial charge on any atom is -0.335 e. The summed E-state index contributed by atoms with van der Waals surface area (Å²) in [6, 6.07) is 9.24. The standard InChI is InChI=1S/C17H25N3O3S/c21-17(14-18-8-4-5-9-18)19-10-12-20(13-11-19)24(22,23)15-16-6-2-1-3-7-16/h1-3,6-7H,4-5,8-15H2/p+1. The van der Waals surface area contributed by atoms with Gasteiger partial charge in [-0.15, -0.1) is 0 Å². The monoisotopic (exact) mass is 352 g/mol. The molecular weight excluding hydrogens is 326 g/mol. The molecule has 2 fully saturated rings. The number of hydrogen-bond acceptors (Lipinski definition) is 3. The van der Waals surface area contributed by atoms with Crippen LogP contribution < -0.4 is 4.90 Å². The molecule has 2 heterocycles. The molecule has 7 heteroatoms. The molecule has 24 heavy (non-hydrogen) atoms. The van der Waals surface area contributed by atoms with Gasteiger partial charge in [0, 0.05) is 39.0 Å². The Morgan fingerprint density at radius 2 is 1.62 bits per heavy atom. The average Bonchev–Trinajstić information content (AvgIpc) is 3.08. The highest BCUT2D eigenvalue weighted by molar-refractivity contribution is 7.88. The summed E-state index contributed by atoms with van der Waals surface area (Å²) in [5.41, 5.74) is 0.800. The van der Waals surface area contributed by atoms with Crippen molar-refractivity contribution in [2.75, 3.05) is 45.8 Å². The van der Waals surface area contributed by atoms with E-state index in [1.165, 1.54) is 22.0 Å². The van der Waals surface area contributed by atoms with Gasteiger partial charge in [0.25, 0.3) is 5.91 Å². The van der Waals surface area contributed by atoms with Gasteiger partial charge in [-0.1, -0.05) is 30.3 Å². The molecule has 3 rings (SSSR count). The van der Waals surface area contributed by atoms with E-state index in [0.29, 0.717) is 32.7 Å². The summed E-state index contributed by atoms with van der Waals surface area (Å²) in [5, 5.41) is 0. The molecular formula is C17H26N3O3S+. The highest BCUT2D eigenvalue weighted by Crippen LogP contribution is 2.13. The maximum Gasteiger partial charge on any atom is 0.277 e. The quantitative estimate of drug-likeness (QED) is 0.765. The van der Waals surface area contributed by atoms with E-state index in [9.17, 15) is 13.2 Å². The number of amides is 1. The number of carbonyl (C=O) groups is 1. The van der Waals surface area contributed by atoms with Crippen molar-refractivity contribution in [1.82, 2.24) is 9.21 Å². The van der Waals surface area contributed by atoms with Crippen LogP contribution in [0.25, 0.3) is 0 Å². The Balaban J connectivity index is 1.51. The summed E-state index contributed by atoms with van der Waals surface area (Å²) >= 11 is 0. The number of quaternary nitrogens is 1. The SMILES string of the molecule is O=C(C[NH+]1CCCC1)N1CCN(S(=O)(=O)Cc2ccccc2)CC1. The largest absolute Gasteiger partial charge is 0.335 e. The molecule has 0 spiro atoms. The van der Waals surface area contributed by atoms with Crippen LogP contribution in [-0.4, -0.2) is 69.3 Å². The third-order valence-electron chi connectivity index (χ3n) is 4.89. The number of likely N-dealkylation sites (tertiary alicyclic amines) is 1. The summed E-state index contributed by atoms with van der Waals surface area (Å²) in [5.74, 6) is 0.187. The molecule has 0 radical (unpaired) electrons. The fraction of sp³-hybridized carbons (Fsp3) is 0.588. The Morgan fingerprint density at radius 3 is 2.25 bits per heavy atom. The lowest BCUT2D eigenvalue weighted by Gasteiger charge is -2.34. The van der Waals surface area contributed by atoms with Crippen LogP contribution in [-0.2, 0) is 20.6 Å². The molecule has 0 aromatic heterocycles. The van der Waals surface area contributed by atoms with Crippen LogP contribution in [0.2, 0.25) is 0 Å². The van der Waals surface area contributed by atoms with Crippen molar-refractivity contribution in [2.24, 2.45) is 0 Å². The van der Waals surface area contributed by atoms with Crippen molar-refractivity contribution in [3.63, 3.8) is 0 Å². The molecule has 2 aliphatic rings. The van der Waals surface area contributed by atoms with Crippen LogP contribution in [0, 0.1) is 0 Å². The summed E-state index contributed by atoms with van der Waals surface area (Å²) in [6.07, 6.45) is 2.41. The zero-order valence-corrected chi connectivity index (χ0v) is 14.8. The molecule has 0 bridgehead atoms. The van der Waals surface area contributed by atoms with Gasteiger partial charge in [-0.25, -0.2) is 8.42 Å². The van der Waals surface area contributed by atoms with Crippen LogP contribution in [0.15, 0.2) is 30.3 Å². The number of nitrogens with zero attached hydrogens (tertiary/aromatic N) is 2. The first-order valence-corrected chi connectivity index (χ1v) is 10.3. The number of piperazine rings is 1. The number of rotatable bonds is 5. The van der Waals surface area contributed by atoms with E-state index in [1.54, 1.807) is 0 Å². The van der Waals surface area contributed by atoms with Gasteiger partial charge in [0.05, 0.1) is 18.8 Å². The molecule has 0 atom stereocenters. The number of carbonyl (C=O) groups excluding carboxylic acids is 1. The van der Waals surface area contributed by atoms with Crippen molar-refractivity contribution < 1.29 is 18.1 Å². The normalized spacial score (nSPS) is 20.4. The van der Waals surface area contributed by atoms with Crippen LogP contribution in [0.4, 0.5) is 0 Å². The second-order valence-electron chi connectivity index (χ2n) is 6.66. The second-order valence-corrected chi connectivity index (χ2v) is 8.62. The van der Waals surface area contributed by atoms with Crippen molar-refractivity contribution in [3.8, 4) is 0 Å². The lowest BCUT2D eigenvalue weighted by atomic mass is 10.2. The number of sulfonamides is 1. The third kappa shape index (κ3) is 4.34. The first kappa shape index (κ1) is 17.4. The van der Waals surface area contributed by atoms with Gasteiger partial charge in [-0.2, -0.15) is 4.31 Å². The average molecular weight is 352 g/mol. The maximum atomic E-state index is 12.5. The van der Waals surface area contributed by atoms with Crippen LogP contribution in [0.3, 0.4) is 0 Å². The van der Waals surface area contributed by atoms with Crippen molar-refractivity contribution in [1.29, 1.82) is 0 Å². The molecule has 0 aliphatic carbocycles. The molecule has 6 nitrogen and oxygen atoms in total. The second kappa shape index (κ2) is 7.63. The zero-order valence-electron chi connectivity index (χ0n) is 14.0. The minimum atomic E-state index is -3.32. The molecule has 132 valence electrons. The Kier molecular flexibility index (Phi) is 5.53. The highest BCUT2D eigenvalue weighted by Gasteiger charge is 2.30. The Labute approximate surface area is 144 Å². The molecule has 1 amide bonds. The Hall–Kier alpha value is -1.44. The summed E-state index contributed by atoms with van der Waals surface area (Å²) in [6.45, 7) is 4.51. The van der Waals surface area contributed by atoms with Gasteiger partial charge in [0.2, 0.25) is 10.0 Å². The van der Waals surface area contributed by atoms with E-state index in [4.69, 9.17) is 0 Å². The fourth-order valence-corrected chi connectivity index (χ4v) is 4.99. The summed E-state index contributed by atoms with van der Waals surface area (Å²) in [7, 11) is -3.32. The van der Waals surface area contributed by atoms with Crippen molar-refractivity contribution >= 4 is 15.9 Å². The smallest absolute Gasteiger partial charge is 0.277 e. The molecule has 2 saturated heterocycles. The van der Waals surface area contributed by atoms with Gasteiger partial charge in [-0.3, -0.25) is 4.79 Å². The first-order valence-electron chi connectivity index (χ1n) is 8.68. The maximum absolute atomic E-state index is 12.5. The molecule has 1 aromatic rings. The van der Waals surface area contributed by atoms with E-state index < -0.39 is 10.0 Å². The van der Waals surface area contributed by atoms with Gasteiger partial charge >= 0.3 is 0 Å². The predicted molar refractivity (Wildman–Crippen MR) is 92.0 cm³/mol. The topological polar surface area (TPSA) is 62.1 Å². The van der Waals surface area contributed by atoms with Gasteiger partial charge in [0.15, 0.2) is 6.54 Å². The van der Waals surface area contributed by atoms with Gasteiger partial charge in [0.1, 0.15) is 0 Å². The Morgan fingerprint density at radius 1 is 1.00 bits per heavy atom. The van der Waals surface area contributed by atoms with Crippen molar-refractivity contribution in [2.45, 2.75) is 18.6 Å². The van der Waals surface area contributed by atoms with E-state index >= 15 is 0 Å². The third-order valence-corrected chi connectivity index (χ3v) is 6.74. The van der Waals surface area contributed by atoms with E-state index in [1.807, 2.05) is 35.2 Å². The molecule has 1 aromatic carbocycles. The lowest BCUT2D eigenvalue weighted by Crippen LogP contribution is -3.11. The fourth-order valence-electron chi connectivity index (χ4n) is 3.47. The van der Waals surface area contributed by atoms with Gasteiger partial charge < -0.3 is 9.80 Å². The highest BCUT2D eigenvalue weighted by atomic mass is 32.2. The molecule has 0 saturated carbocycles. The first-order chi connectivity index (χ1) is 11.5. The summed E-state index contributed by atoms with van der Waals surface area (Å²) in [4.78, 5) is 15.5. The number of hydrogen-bond donors (Lipinski definition) is 1.